The van der Waals surface area contributed by atoms with Gasteiger partial charge in [-0.2, -0.15) is 11.8 Å². The van der Waals surface area contributed by atoms with Crippen LogP contribution in [0.15, 0.2) is 22.7 Å². The molecule has 0 atom stereocenters. The highest BCUT2D eigenvalue weighted by molar-refractivity contribution is 9.10. The fraction of sp³-hybridized carbons (Fsp3) is 0.500. The van der Waals surface area contributed by atoms with E-state index in [0.717, 1.165) is 11.0 Å². The first-order valence-corrected chi connectivity index (χ1v) is 7.16. The fourth-order valence-corrected chi connectivity index (χ4v) is 1.81. The molecule has 4 heteroatoms. The second-order valence-corrected chi connectivity index (χ2v) is 6.73. The van der Waals surface area contributed by atoms with Crippen molar-refractivity contribution in [2.75, 3.05) is 12.8 Å². The highest BCUT2D eigenvalue weighted by Crippen LogP contribution is 2.20. The third kappa shape index (κ3) is 4.44. The van der Waals surface area contributed by atoms with E-state index in [2.05, 4.69) is 41.3 Å². The van der Waals surface area contributed by atoms with Crippen LogP contribution in [0.5, 0.6) is 0 Å². The van der Waals surface area contributed by atoms with Crippen molar-refractivity contribution in [2.24, 2.45) is 0 Å². The standard InChI is InChI=1S/C12H17BrFNS/c1-12(2,16-3)8-15-7-9-4-5-10(13)6-11(9)14/h4-6,15H,7-8H2,1-3H3. The highest BCUT2D eigenvalue weighted by Gasteiger charge is 2.15. The van der Waals surface area contributed by atoms with Gasteiger partial charge in [0.2, 0.25) is 0 Å². The maximum Gasteiger partial charge on any atom is 0.128 e. The van der Waals surface area contributed by atoms with Crippen LogP contribution in [0.1, 0.15) is 19.4 Å². The molecule has 0 aliphatic carbocycles. The molecule has 0 fully saturated rings. The zero-order valence-corrected chi connectivity index (χ0v) is 12.2. The highest BCUT2D eigenvalue weighted by atomic mass is 79.9. The maximum atomic E-state index is 13.5. The van der Waals surface area contributed by atoms with Gasteiger partial charge in [0.1, 0.15) is 5.82 Å². The predicted molar refractivity (Wildman–Crippen MR) is 73.4 cm³/mol. The lowest BCUT2D eigenvalue weighted by atomic mass is 10.2. The smallest absolute Gasteiger partial charge is 0.128 e. The van der Waals surface area contributed by atoms with Crippen molar-refractivity contribution in [3.05, 3.63) is 34.1 Å². The van der Waals surface area contributed by atoms with Gasteiger partial charge in [-0.15, -0.1) is 0 Å². The minimum atomic E-state index is -0.163. The first-order valence-electron chi connectivity index (χ1n) is 5.14. The van der Waals surface area contributed by atoms with E-state index in [4.69, 9.17) is 0 Å². The molecule has 0 aliphatic heterocycles. The van der Waals surface area contributed by atoms with E-state index in [1.165, 1.54) is 6.07 Å². The van der Waals surface area contributed by atoms with Crippen molar-refractivity contribution in [3.8, 4) is 0 Å². The van der Waals surface area contributed by atoms with Crippen LogP contribution in [-0.2, 0) is 6.54 Å². The van der Waals surface area contributed by atoms with Crippen LogP contribution in [0.2, 0.25) is 0 Å². The summed E-state index contributed by atoms with van der Waals surface area (Å²) in [5.41, 5.74) is 0.708. The van der Waals surface area contributed by atoms with E-state index in [1.807, 2.05) is 6.07 Å². The van der Waals surface area contributed by atoms with Crippen molar-refractivity contribution in [1.82, 2.24) is 5.32 Å². The molecule has 1 N–H and O–H groups in total. The summed E-state index contributed by atoms with van der Waals surface area (Å²) in [6.45, 7) is 5.78. The van der Waals surface area contributed by atoms with Crippen LogP contribution in [0.4, 0.5) is 4.39 Å². The summed E-state index contributed by atoms with van der Waals surface area (Å²) in [6, 6.07) is 5.16. The molecule has 16 heavy (non-hydrogen) atoms. The van der Waals surface area contributed by atoms with Crippen LogP contribution in [-0.4, -0.2) is 17.5 Å². The third-order valence-corrected chi connectivity index (χ3v) is 4.18. The Morgan fingerprint density at radius 3 is 2.69 bits per heavy atom. The van der Waals surface area contributed by atoms with Gasteiger partial charge >= 0.3 is 0 Å². The molecule has 0 bridgehead atoms. The van der Waals surface area contributed by atoms with Crippen molar-refractivity contribution in [1.29, 1.82) is 0 Å². The van der Waals surface area contributed by atoms with E-state index in [-0.39, 0.29) is 10.6 Å². The summed E-state index contributed by atoms with van der Waals surface area (Å²) in [7, 11) is 0. The third-order valence-electron chi connectivity index (χ3n) is 2.43. The Balaban J connectivity index is 2.49. The first kappa shape index (κ1) is 14.0. The monoisotopic (exact) mass is 305 g/mol. The summed E-state index contributed by atoms with van der Waals surface area (Å²) < 4.78 is 14.4. The fourth-order valence-electron chi connectivity index (χ4n) is 1.24. The topological polar surface area (TPSA) is 12.0 Å². The van der Waals surface area contributed by atoms with Crippen LogP contribution in [0.25, 0.3) is 0 Å². The van der Waals surface area contributed by atoms with Crippen LogP contribution in [0.3, 0.4) is 0 Å². The summed E-state index contributed by atoms with van der Waals surface area (Å²) in [5, 5.41) is 3.28. The normalized spacial score (nSPS) is 11.8. The lowest BCUT2D eigenvalue weighted by Gasteiger charge is -2.22. The van der Waals surface area contributed by atoms with E-state index in [1.54, 1.807) is 17.8 Å². The molecule has 0 saturated carbocycles. The van der Waals surface area contributed by atoms with Crippen LogP contribution >= 0.6 is 27.7 Å². The largest absolute Gasteiger partial charge is 0.311 e. The van der Waals surface area contributed by atoms with Crippen LogP contribution in [0, 0.1) is 5.82 Å². The molecule has 90 valence electrons. The zero-order chi connectivity index (χ0) is 12.2. The van der Waals surface area contributed by atoms with E-state index in [9.17, 15) is 4.39 Å². The summed E-state index contributed by atoms with van der Waals surface area (Å²) >= 11 is 5.05. The van der Waals surface area contributed by atoms with E-state index in [0.29, 0.717) is 12.1 Å². The van der Waals surface area contributed by atoms with Crippen molar-refractivity contribution >= 4 is 27.7 Å². The number of halogens is 2. The molecule has 0 spiro atoms. The zero-order valence-electron chi connectivity index (χ0n) is 9.81. The number of rotatable bonds is 5. The molecule has 0 saturated heterocycles. The molecule has 1 aromatic carbocycles. The van der Waals surface area contributed by atoms with Gasteiger partial charge < -0.3 is 5.32 Å². The summed E-state index contributed by atoms with van der Waals surface area (Å²) in [4.78, 5) is 0. The Bertz CT molecular complexity index is 355. The van der Waals surface area contributed by atoms with Gasteiger partial charge in [-0.3, -0.25) is 0 Å². The number of hydrogen-bond acceptors (Lipinski definition) is 2. The number of hydrogen-bond donors (Lipinski definition) is 1. The lowest BCUT2D eigenvalue weighted by molar-refractivity contribution is 0.559. The average molecular weight is 306 g/mol. The minimum Gasteiger partial charge on any atom is -0.311 e. The average Bonchev–Trinajstić information content (AvgIpc) is 2.21. The van der Waals surface area contributed by atoms with Crippen molar-refractivity contribution in [3.63, 3.8) is 0 Å². The van der Waals surface area contributed by atoms with Crippen molar-refractivity contribution in [2.45, 2.75) is 25.1 Å². The SMILES string of the molecule is CSC(C)(C)CNCc1ccc(Br)cc1F. The summed E-state index contributed by atoms with van der Waals surface area (Å²) in [6.07, 6.45) is 2.09. The molecule has 0 amide bonds. The van der Waals surface area contributed by atoms with Gasteiger partial charge in [-0.25, -0.2) is 4.39 Å². The Hall–Kier alpha value is -0.0600. The van der Waals surface area contributed by atoms with Crippen LogP contribution < -0.4 is 5.32 Å². The molecule has 1 rings (SSSR count). The molecule has 0 unspecified atom stereocenters. The Kier molecular flexibility index (Phi) is 5.28. The van der Waals surface area contributed by atoms with Gasteiger partial charge in [-0.1, -0.05) is 22.0 Å². The quantitative estimate of drug-likeness (QED) is 0.887. The molecule has 1 nitrogen and oxygen atoms in total. The van der Waals surface area contributed by atoms with Gasteiger partial charge in [0.15, 0.2) is 0 Å². The molecule has 1 aromatic rings. The number of nitrogens with one attached hydrogen (secondary N) is 1. The maximum absolute atomic E-state index is 13.5. The van der Waals surface area contributed by atoms with E-state index < -0.39 is 0 Å². The molecule has 0 radical (unpaired) electrons. The predicted octanol–water partition coefficient (Wildman–Crippen LogP) is 3.82. The number of benzene rings is 1. The molecular weight excluding hydrogens is 289 g/mol. The van der Waals surface area contributed by atoms with Gasteiger partial charge in [0, 0.05) is 27.9 Å². The second kappa shape index (κ2) is 6.03. The summed E-state index contributed by atoms with van der Waals surface area (Å²) in [5.74, 6) is -0.163. The first-order chi connectivity index (χ1) is 7.44. The molecular formula is C12H17BrFNS. The Morgan fingerprint density at radius 2 is 2.12 bits per heavy atom. The van der Waals surface area contributed by atoms with Gasteiger partial charge in [0.25, 0.3) is 0 Å². The van der Waals surface area contributed by atoms with Gasteiger partial charge in [0.05, 0.1) is 0 Å². The lowest BCUT2D eigenvalue weighted by Crippen LogP contribution is -2.31. The molecule has 0 aromatic heterocycles. The Labute approximate surface area is 109 Å². The minimum absolute atomic E-state index is 0.163. The molecule has 0 heterocycles. The number of thioether (sulfide) groups is 1. The van der Waals surface area contributed by atoms with Gasteiger partial charge in [-0.05, 0) is 32.2 Å². The second-order valence-electron chi connectivity index (χ2n) is 4.30. The Morgan fingerprint density at radius 1 is 1.44 bits per heavy atom. The van der Waals surface area contributed by atoms with Crippen molar-refractivity contribution < 1.29 is 4.39 Å². The van der Waals surface area contributed by atoms with E-state index >= 15 is 0 Å². The molecule has 0 aliphatic rings.